The molecular weight excluding hydrogens is 236 g/mol. The van der Waals surface area contributed by atoms with Crippen molar-refractivity contribution >= 4 is 23.5 Å². The highest BCUT2D eigenvalue weighted by Crippen LogP contribution is 2.42. The Morgan fingerprint density at radius 3 is 3.06 bits per heavy atom. The van der Waals surface area contributed by atoms with Gasteiger partial charge in [-0.05, 0) is 18.6 Å². The topological polar surface area (TPSA) is 49.4 Å². The van der Waals surface area contributed by atoms with Crippen LogP contribution >= 0.6 is 11.8 Å². The van der Waals surface area contributed by atoms with Crippen LogP contribution in [0.3, 0.4) is 0 Å². The van der Waals surface area contributed by atoms with Crippen molar-refractivity contribution in [3.8, 4) is 0 Å². The molecule has 2 rings (SSSR count). The molecule has 17 heavy (non-hydrogen) atoms. The largest absolute Gasteiger partial charge is 0.362 e. The van der Waals surface area contributed by atoms with Gasteiger partial charge in [0.05, 0.1) is 5.37 Å². The first kappa shape index (κ1) is 12.2. The first-order valence-electron chi connectivity index (χ1n) is 5.66. The molecule has 1 aliphatic carbocycles. The Kier molecular flexibility index (Phi) is 3.57. The minimum Gasteiger partial charge on any atom is -0.362 e. The summed E-state index contributed by atoms with van der Waals surface area (Å²) < 4.78 is 0. The van der Waals surface area contributed by atoms with Crippen molar-refractivity contribution < 1.29 is 9.59 Å². The van der Waals surface area contributed by atoms with Gasteiger partial charge in [0.1, 0.15) is 0 Å². The number of hydrogen-bond donors (Lipinski definition) is 1. The van der Waals surface area contributed by atoms with E-state index in [0.717, 1.165) is 17.0 Å². The second-order valence-electron chi connectivity index (χ2n) is 4.24. The molecule has 5 heteroatoms. The minimum atomic E-state index is 0.00319. The lowest BCUT2D eigenvalue weighted by Crippen LogP contribution is -2.29. The molecule has 0 radical (unpaired) electrons. The Morgan fingerprint density at radius 2 is 2.35 bits per heavy atom. The Morgan fingerprint density at radius 1 is 1.59 bits per heavy atom. The number of nitrogens with one attached hydrogen (secondary N) is 1. The van der Waals surface area contributed by atoms with Crippen molar-refractivity contribution in [2.75, 3.05) is 13.6 Å². The molecule has 1 heterocycles. The van der Waals surface area contributed by atoms with E-state index in [9.17, 15) is 9.59 Å². The van der Waals surface area contributed by atoms with E-state index >= 15 is 0 Å². The van der Waals surface area contributed by atoms with Crippen molar-refractivity contribution in [2.45, 2.75) is 25.1 Å². The molecule has 92 valence electrons. The maximum absolute atomic E-state index is 11.3. The number of thioether (sulfide) groups is 1. The zero-order valence-electron chi connectivity index (χ0n) is 10.0. The number of nitrogens with zero attached hydrogens (tertiary/aromatic N) is 1. The Labute approximate surface area is 105 Å². The van der Waals surface area contributed by atoms with Gasteiger partial charge in [-0.25, -0.2) is 0 Å². The number of ketones is 1. The zero-order valence-corrected chi connectivity index (χ0v) is 10.8. The molecule has 1 atom stereocenters. The van der Waals surface area contributed by atoms with E-state index in [4.69, 9.17) is 0 Å². The van der Waals surface area contributed by atoms with Crippen molar-refractivity contribution in [2.24, 2.45) is 0 Å². The fourth-order valence-electron chi connectivity index (χ4n) is 2.01. The van der Waals surface area contributed by atoms with Crippen LogP contribution in [0, 0.1) is 0 Å². The summed E-state index contributed by atoms with van der Waals surface area (Å²) in [5.41, 5.74) is 1.16. The van der Waals surface area contributed by atoms with Crippen molar-refractivity contribution in [3.05, 3.63) is 22.8 Å². The van der Waals surface area contributed by atoms with Crippen LogP contribution in [0.2, 0.25) is 0 Å². The van der Waals surface area contributed by atoms with Crippen molar-refractivity contribution in [3.63, 3.8) is 0 Å². The zero-order chi connectivity index (χ0) is 12.4. The van der Waals surface area contributed by atoms with E-state index in [2.05, 4.69) is 10.2 Å². The van der Waals surface area contributed by atoms with E-state index < -0.39 is 0 Å². The summed E-state index contributed by atoms with van der Waals surface area (Å²) in [5, 5.41) is 3.12. The molecule has 0 aromatic rings. The average molecular weight is 252 g/mol. The van der Waals surface area contributed by atoms with E-state index in [1.807, 2.05) is 13.1 Å². The number of carbonyl (C=O) groups is 2. The Hall–Kier alpha value is -1.23. The molecule has 4 nitrogen and oxygen atoms in total. The van der Waals surface area contributed by atoms with E-state index in [1.165, 1.54) is 6.92 Å². The molecule has 1 amide bonds. The molecule has 0 spiro atoms. The van der Waals surface area contributed by atoms with Crippen LogP contribution in [0.5, 0.6) is 0 Å². The summed E-state index contributed by atoms with van der Waals surface area (Å²) >= 11 is 1.74. The minimum absolute atomic E-state index is 0.00319. The predicted octanol–water partition coefficient (Wildman–Crippen LogP) is 1.26. The van der Waals surface area contributed by atoms with Gasteiger partial charge in [-0.2, -0.15) is 0 Å². The Bertz CT molecular complexity index is 415. The molecule has 0 bridgehead atoms. The van der Waals surface area contributed by atoms with Crippen LogP contribution in [0.1, 0.15) is 19.8 Å². The first-order valence-corrected chi connectivity index (χ1v) is 6.54. The van der Waals surface area contributed by atoms with Crippen LogP contribution in [0.15, 0.2) is 22.8 Å². The number of carbonyl (C=O) groups excluding carboxylic acids is 2. The van der Waals surface area contributed by atoms with Crippen LogP contribution in [-0.4, -0.2) is 35.6 Å². The maximum Gasteiger partial charge on any atom is 0.216 e. The monoisotopic (exact) mass is 252 g/mol. The third-order valence-corrected chi connectivity index (χ3v) is 4.37. The fourth-order valence-corrected chi connectivity index (χ4v) is 3.41. The lowest BCUT2D eigenvalue weighted by atomic mass is 10.1. The summed E-state index contributed by atoms with van der Waals surface area (Å²) in [7, 11) is 2.04. The van der Waals surface area contributed by atoms with Gasteiger partial charge in [-0.3, -0.25) is 9.59 Å². The summed E-state index contributed by atoms with van der Waals surface area (Å²) in [5.74, 6) is 0.176. The number of allylic oxidation sites excluding steroid dienone is 3. The van der Waals surface area contributed by atoms with Gasteiger partial charge in [0.25, 0.3) is 0 Å². The molecule has 0 saturated carbocycles. The lowest BCUT2D eigenvalue weighted by Gasteiger charge is -2.23. The van der Waals surface area contributed by atoms with Gasteiger partial charge in [0, 0.05) is 37.5 Å². The molecule has 0 aromatic carbocycles. The normalized spacial score (nSPS) is 23.1. The second kappa shape index (κ2) is 4.96. The lowest BCUT2D eigenvalue weighted by molar-refractivity contribution is -0.119. The van der Waals surface area contributed by atoms with Crippen LogP contribution in [0.4, 0.5) is 0 Å². The van der Waals surface area contributed by atoms with E-state index in [-0.39, 0.29) is 11.7 Å². The van der Waals surface area contributed by atoms with Gasteiger partial charge in [0.15, 0.2) is 5.78 Å². The van der Waals surface area contributed by atoms with Gasteiger partial charge in [0.2, 0.25) is 5.91 Å². The smallest absolute Gasteiger partial charge is 0.216 e. The third-order valence-electron chi connectivity index (χ3n) is 2.90. The predicted molar refractivity (Wildman–Crippen MR) is 68.2 cm³/mol. The van der Waals surface area contributed by atoms with Gasteiger partial charge in [-0.15, -0.1) is 11.8 Å². The fraction of sp³-hybridized carbons (Fsp3) is 0.500. The number of likely N-dealkylation sites (N-methyl/N-ethyl adjacent to an activating group) is 1. The van der Waals surface area contributed by atoms with Crippen molar-refractivity contribution in [1.29, 1.82) is 0 Å². The molecule has 1 N–H and O–H groups in total. The number of rotatable bonds is 3. The van der Waals surface area contributed by atoms with Gasteiger partial charge >= 0.3 is 0 Å². The van der Waals surface area contributed by atoms with Gasteiger partial charge in [-0.1, -0.05) is 0 Å². The van der Waals surface area contributed by atoms with Crippen molar-refractivity contribution in [1.82, 2.24) is 10.2 Å². The summed E-state index contributed by atoms with van der Waals surface area (Å²) in [6.45, 7) is 2.20. The third kappa shape index (κ3) is 2.72. The summed E-state index contributed by atoms with van der Waals surface area (Å²) in [4.78, 5) is 25.5. The number of hydrogen-bond acceptors (Lipinski definition) is 4. The maximum atomic E-state index is 11.3. The molecule has 0 saturated heterocycles. The molecule has 2 aliphatic rings. The van der Waals surface area contributed by atoms with E-state index in [1.54, 1.807) is 17.8 Å². The van der Waals surface area contributed by atoms with Crippen LogP contribution in [0.25, 0.3) is 0 Å². The van der Waals surface area contributed by atoms with Crippen LogP contribution in [-0.2, 0) is 9.59 Å². The molecular formula is C12H16N2O2S. The SMILES string of the molecule is CC(=O)NCCC1SC2=C(C=CC(=O)C2)N1C. The summed E-state index contributed by atoms with van der Waals surface area (Å²) in [6.07, 6.45) is 4.95. The highest BCUT2D eigenvalue weighted by atomic mass is 32.2. The number of amides is 1. The standard InChI is InChI=1S/C12H16N2O2S/c1-8(15)13-6-5-12-14(2)10-4-3-9(16)7-11(10)17-12/h3-4,12H,5-7H2,1-2H3,(H,13,15). The van der Waals surface area contributed by atoms with Crippen LogP contribution < -0.4 is 5.32 Å². The quantitative estimate of drug-likeness (QED) is 0.821. The van der Waals surface area contributed by atoms with Gasteiger partial charge < -0.3 is 10.2 Å². The second-order valence-corrected chi connectivity index (χ2v) is 5.51. The van der Waals surface area contributed by atoms with E-state index in [0.29, 0.717) is 18.3 Å². The molecule has 0 fully saturated rings. The molecule has 1 aliphatic heterocycles. The summed E-state index contributed by atoms with van der Waals surface area (Å²) in [6, 6.07) is 0. The highest BCUT2D eigenvalue weighted by Gasteiger charge is 2.30. The highest BCUT2D eigenvalue weighted by molar-refractivity contribution is 8.03. The average Bonchev–Trinajstić information content (AvgIpc) is 2.55. The molecule has 0 aromatic heterocycles. The first-order chi connectivity index (χ1) is 8.08. The molecule has 1 unspecified atom stereocenters. The Balaban J connectivity index is 1.91.